The van der Waals surface area contributed by atoms with Crippen LogP contribution < -0.4 is 20.7 Å². The molecule has 0 amide bonds. The molecule has 0 unspecified atom stereocenters. The molecule has 1 aromatic carbocycles. The Kier molecular flexibility index (Phi) is 4.81. The van der Waals surface area contributed by atoms with Crippen LogP contribution in [0.15, 0.2) is 29.4 Å². The van der Waals surface area contributed by atoms with Crippen LogP contribution in [0.3, 0.4) is 0 Å². The van der Waals surface area contributed by atoms with Gasteiger partial charge in [0.2, 0.25) is 5.88 Å². The lowest BCUT2D eigenvalue weighted by atomic mass is 10.2. The number of nitriles is 1. The lowest BCUT2D eigenvalue weighted by Gasteiger charge is -2.09. The van der Waals surface area contributed by atoms with Gasteiger partial charge in [0.15, 0.2) is 5.16 Å². The Hall–Kier alpha value is -2.50. The van der Waals surface area contributed by atoms with Crippen LogP contribution in [0.1, 0.15) is 5.56 Å². The number of hydrogen-bond donors (Lipinski definition) is 2. The molecule has 0 aliphatic carbocycles. The van der Waals surface area contributed by atoms with E-state index in [1.165, 1.54) is 18.9 Å². The lowest BCUT2D eigenvalue weighted by molar-refractivity contribution is 0.406. The van der Waals surface area contributed by atoms with Gasteiger partial charge in [-0.1, -0.05) is 11.8 Å². The van der Waals surface area contributed by atoms with Crippen molar-refractivity contribution in [2.24, 2.45) is 5.84 Å². The van der Waals surface area contributed by atoms with E-state index in [1.807, 2.05) is 12.3 Å². The summed E-state index contributed by atoms with van der Waals surface area (Å²) < 4.78 is 10.8. The molecule has 21 heavy (non-hydrogen) atoms. The molecule has 108 valence electrons. The fraction of sp³-hybridized carbons (Fsp3) is 0.154. The standard InChI is InChI=1S/C13H13N5O2S/c1-19-9-3-8(7-14)4-10(5-9)20-12-6-11(18-15)16-13(17-12)21-2/h3-6H,15H2,1-2H3,(H,16,17,18). The molecule has 0 radical (unpaired) electrons. The number of anilines is 1. The van der Waals surface area contributed by atoms with E-state index >= 15 is 0 Å². The molecule has 3 N–H and O–H groups in total. The van der Waals surface area contributed by atoms with Crippen LogP contribution in [0.25, 0.3) is 0 Å². The van der Waals surface area contributed by atoms with Crippen LogP contribution in [0.2, 0.25) is 0 Å². The largest absolute Gasteiger partial charge is 0.497 e. The zero-order valence-electron chi connectivity index (χ0n) is 11.5. The number of nitrogens with two attached hydrogens (primary N) is 1. The Balaban J connectivity index is 2.35. The summed E-state index contributed by atoms with van der Waals surface area (Å²) in [5, 5.41) is 9.51. The van der Waals surface area contributed by atoms with E-state index in [4.69, 9.17) is 20.6 Å². The van der Waals surface area contributed by atoms with Crippen LogP contribution in [0.4, 0.5) is 5.82 Å². The van der Waals surface area contributed by atoms with E-state index in [1.54, 1.807) is 24.3 Å². The predicted octanol–water partition coefficient (Wildman–Crippen LogP) is 2.16. The van der Waals surface area contributed by atoms with Crippen LogP contribution in [-0.4, -0.2) is 23.3 Å². The maximum atomic E-state index is 9.00. The first-order valence-corrected chi connectivity index (χ1v) is 7.07. The van der Waals surface area contributed by atoms with Crippen LogP contribution in [-0.2, 0) is 0 Å². The Morgan fingerprint density at radius 2 is 2.00 bits per heavy atom. The first-order valence-electron chi connectivity index (χ1n) is 5.85. The maximum Gasteiger partial charge on any atom is 0.225 e. The molecule has 0 spiro atoms. The first kappa shape index (κ1) is 14.9. The second-order valence-corrected chi connectivity index (χ2v) is 4.61. The number of hydrogen-bond acceptors (Lipinski definition) is 8. The van der Waals surface area contributed by atoms with Crippen molar-refractivity contribution in [2.75, 3.05) is 18.8 Å². The fourth-order valence-corrected chi connectivity index (χ4v) is 1.93. The summed E-state index contributed by atoms with van der Waals surface area (Å²) in [6, 6.07) is 8.48. The smallest absolute Gasteiger partial charge is 0.225 e. The fourth-order valence-electron chi connectivity index (χ4n) is 1.56. The van der Waals surface area contributed by atoms with E-state index in [-0.39, 0.29) is 0 Å². The van der Waals surface area contributed by atoms with Crippen molar-refractivity contribution < 1.29 is 9.47 Å². The highest BCUT2D eigenvalue weighted by molar-refractivity contribution is 7.98. The summed E-state index contributed by atoms with van der Waals surface area (Å²) in [5.41, 5.74) is 2.88. The number of ether oxygens (including phenoxy) is 2. The van der Waals surface area contributed by atoms with Gasteiger partial charge in [-0.3, -0.25) is 0 Å². The van der Waals surface area contributed by atoms with Crippen molar-refractivity contribution in [1.29, 1.82) is 5.26 Å². The molecule has 1 aromatic heterocycles. The minimum atomic E-state index is 0.319. The van der Waals surface area contributed by atoms with Crippen molar-refractivity contribution >= 4 is 17.6 Å². The number of aromatic nitrogens is 2. The third-order valence-corrected chi connectivity index (χ3v) is 3.03. The van der Waals surface area contributed by atoms with Crippen LogP contribution in [0.5, 0.6) is 17.4 Å². The van der Waals surface area contributed by atoms with Gasteiger partial charge in [-0.2, -0.15) is 10.2 Å². The molecule has 0 atom stereocenters. The molecule has 0 saturated heterocycles. The second-order valence-electron chi connectivity index (χ2n) is 3.83. The molecule has 0 bridgehead atoms. The zero-order valence-corrected chi connectivity index (χ0v) is 12.3. The summed E-state index contributed by atoms with van der Waals surface area (Å²) in [7, 11) is 1.52. The molecular formula is C13H13N5O2S. The monoisotopic (exact) mass is 303 g/mol. The van der Waals surface area contributed by atoms with Gasteiger partial charge >= 0.3 is 0 Å². The summed E-state index contributed by atoms with van der Waals surface area (Å²) in [6.45, 7) is 0. The number of rotatable bonds is 5. The second kappa shape index (κ2) is 6.78. The molecule has 0 aliphatic heterocycles. The van der Waals surface area contributed by atoms with Gasteiger partial charge in [-0.05, 0) is 18.4 Å². The maximum absolute atomic E-state index is 9.00. The molecule has 8 heteroatoms. The number of nitrogen functional groups attached to an aromatic ring is 1. The van der Waals surface area contributed by atoms with Gasteiger partial charge < -0.3 is 14.9 Å². The van der Waals surface area contributed by atoms with Crippen molar-refractivity contribution in [3.05, 3.63) is 29.8 Å². The van der Waals surface area contributed by atoms with E-state index in [9.17, 15) is 0 Å². The molecule has 2 rings (SSSR count). The van der Waals surface area contributed by atoms with Crippen molar-refractivity contribution in [1.82, 2.24) is 9.97 Å². The third kappa shape index (κ3) is 3.75. The molecule has 0 saturated carbocycles. The normalized spacial score (nSPS) is 9.81. The Morgan fingerprint density at radius 1 is 1.24 bits per heavy atom. The minimum absolute atomic E-state index is 0.319. The van der Waals surface area contributed by atoms with Crippen LogP contribution >= 0.6 is 11.8 Å². The minimum Gasteiger partial charge on any atom is -0.497 e. The molecular weight excluding hydrogens is 290 g/mol. The van der Waals surface area contributed by atoms with Crippen molar-refractivity contribution in [3.63, 3.8) is 0 Å². The van der Waals surface area contributed by atoms with Crippen LogP contribution in [0, 0.1) is 11.3 Å². The predicted molar refractivity (Wildman–Crippen MR) is 79.4 cm³/mol. The molecule has 1 heterocycles. The Labute approximate surface area is 126 Å². The SMILES string of the molecule is COc1cc(C#N)cc(Oc2cc(NN)nc(SC)n2)c1. The lowest BCUT2D eigenvalue weighted by Crippen LogP contribution is -2.09. The number of nitrogens with one attached hydrogen (secondary N) is 1. The number of benzene rings is 1. The number of hydrazine groups is 1. The number of thioether (sulfide) groups is 1. The van der Waals surface area contributed by atoms with Crippen molar-refractivity contribution in [3.8, 4) is 23.4 Å². The summed E-state index contributed by atoms with van der Waals surface area (Å²) in [5.74, 6) is 7.09. The Morgan fingerprint density at radius 3 is 2.62 bits per heavy atom. The van der Waals surface area contributed by atoms with Crippen molar-refractivity contribution in [2.45, 2.75) is 5.16 Å². The molecule has 0 fully saturated rings. The molecule has 0 aliphatic rings. The summed E-state index contributed by atoms with van der Waals surface area (Å²) >= 11 is 1.36. The summed E-state index contributed by atoms with van der Waals surface area (Å²) in [4.78, 5) is 8.35. The van der Waals surface area contributed by atoms with Gasteiger partial charge in [-0.15, -0.1) is 0 Å². The Bertz CT molecular complexity index is 664. The van der Waals surface area contributed by atoms with E-state index < -0.39 is 0 Å². The average Bonchev–Trinajstić information content (AvgIpc) is 2.53. The van der Waals surface area contributed by atoms with E-state index in [0.29, 0.717) is 33.9 Å². The quantitative estimate of drug-likeness (QED) is 0.374. The average molecular weight is 303 g/mol. The van der Waals surface area contributed by atoms with Gasteiger partial charge in [0.25, 0.3) is 0 Å². The number of methoxy groups -OCH3 is 1. The van der Waals surface area contributed by atoms with E-state index in [0.717, 1.165) is 0 Å². The summed E-state index contributed by atoms with van der Waals surface area (Å²) in [6.07, 6.45) is 1.85. The van der Waals surface area contributed by atoms with Gasteiger partial charge in [0, 0.05) is 12.1 Å². The van der Waals surface area contributed by atoms with Gasteiger partial charge in [-0.25, -0.2) is 10.8 Å². The number of nitrogens with zero attached hydrogens (tertiary/aromatic N) is 3. The first-order chi connectivity index (χ1) is 10.2. The van der Waals surface area contributed by atoms with E-state index in [2.05, 4.69) is 15.4 Å². The van der Waals surface area contributed by atoms with Gasteiger partial charge in [0.05, 0.1) is 18.7 Å². The highest BCUT2D eigenvalue weighted by atomic mass is 32.2. The van der Waals surface area contributed by atoms with Gasteiger partial charge in [0.1, 0.15) is 17.3 Å². The topological polar surface area (TPSA) is 106 Å². The highest BCUT2D eigenvalue weighted by Gasteiger charge is 2.08. The molecule has 7 nitrogen and oxygen atoms in total. The molecule has 2 aromatic rings. The third-order valence-electron chi connectivity index (χ3n) is 2.48. The zero-order chi connectivity index (χ0) is 15.2. The highest BCUT2D eigenvalue weighted by Crippen LogP contribution is 2.28.